The van der Waals surface area contributed by atoms with Gasteiger partial charge in [-0.3, -0.25) is 0 Å². The van der Waals surface area contributed by atoms with Crippen LogP contribution in [0.15, 0.2) is 12.3 Å². The van der Waals surface area contributed by atoms with Crippen molar-refractivity contribution < 1.29 is 0 Å². The third-order valence-corrected chi connectivity index (χ3v) is 3.87. The summed E-state index contributed by atoms with van der Waals surface area (Å²) in [5.41, 5.74) is 6.23. The second kappa shape index (κ2) is 5.58. The third-order valence-electron chi connectivity index (χ3n) is 3.58. The largest absolute Gasteiger partial charge is 0.397 e. The van der Waals surface area contributed by atoms with Crippen LogP contribution in [0.3, 0.4) is 0 Å². The van der Waals surface area contributed by atoms with Crippen molar-refractivity contribution in [1.29, 1.82) is 0 Å². The lowest BCUT2D eigenvalue weighted by molar-refractivity contribution is 0.328. The zero-order valence-electron chi connectivity index (χ0n) is 10.2. The first-order chi connectivity index (χ1) is 8.16. The lowest BCUT2D eigenvalue weighted by Gasteiger charge is -2.28. The van der Waals surface area contributed by atoms with E-state index in [4.69, 9.17) is 17.3 Å². The van der Waals surface area contributed by atoms with Crippen LogP contribution < -0.4 is 11.1 Å². The predicted octanol–water partition coefficient (Wildman–Crippen LogP) is 3.70. The maximum atomic E-state index is 6.11. The third kappa shape index (κ3) is 3.25. The molecule has 0 aromatic carbocycles. The second-order valence-corrected chi connectivity index (χ2v) is 5.34. The minimum absolute atomic E-state index is 0.420. The fourth-order valence-corrected chi connectivity index (χ4v) is 2.76. The van der Waals surface area contributed by atoms with E-state index >= 15 is 0 Å². The number of nitrogens with two attached hydrogens (primary N) is 1. The van der Waals surface area contributed by atoms with Crippen molar-refractivity contribution in [2.45, 2.75) is 45.1 Å². The molecule has 1 aromatic heterocycles. The topological polar surface area (TPSA) is 50.9 Å². The van der Waals surface area contributed by atoms with Crippen LogP contribution in [0.2, 0.25) is 5.02 Å². The molecule has 4 heteroatoms. The number of halogens is 1. The molecule has 0 bridgehead atoms. The first kappa shape index (κ1) is 12.5. The monoisotopic (exact) mass is 253 g/mol. The highest BCUT2D eigenvalue weighted by atomic mass is 35.5. The van der Waals surface area contributed by atoms with Crippen molar-refractivity contribution in [3.63, 3.8) is 0 Å². The molecule has 3 N–H and O–H groups in total. The Balaban J connectivity index is 1.99. The molecule has 0 saturated heterocycles. The molecule has 0 spiro atoms. The molecule has 17 heavy (non-hydrogen) atoms. The Bertz CT molecular complexity index is 375. The molecular weight excluding hydrogens is 234 g/mol. The highest BCUT2D eigenvalue weighted by molar-refractivity contribution is 6.33. The highest BCUT2D eigenvalue weighted by Crippen LogP contribution is 2.29. The molecule has 1 saturated carbocycles. The molecule has 94 valence electrons. The van der Waals surface area contributed by atoms with E-state index < -0.39 is 0 Å². The van der Waals surface area contributed by atoms with E-state index in [0.717, 1.165) is 11.7 Å². The average molecular weight is 254 g/mol. The summed E-state index contributed by atoms with van der Waals surface area (Å²) in [6.45, 7) is 2.21. The maximum absolute atomic E-state index is 6.11. The zero-order chi connectivity index (χ0) is 12.3. The number of hydrogen-bond acceptors (Lipinski definition) is 3. The van der Waals surface area contributed by atoms with Gasteiger partial charge in [0.25, 0.3) is 0 Å². The lowest BCUT2D eigenvalue weighted by atomic mass is 9.84. The van der Waals surface area contributed by atoms with E-state index in [2.05, 4.69) is 17.2 Å². The summed E-state index contributed by atoms with van der Waals surface area (Å²) < 4.78 is 0. The van der Waals surface area contributed by atoms with E-state index in [-0.39, 0.29) is 0 Å². The molecule has 1 aliphatic carbocycles. The first-order valence-corrected chi connectivity index (χ1v) is 6.72. The molecule has 1 unspecified atom stereocenters. The van der Waals surface area contributed by atoms with Gasteiger partial charge >= 0.3 is 0 Å². The number of rotatable bonds is 3. The Morgan fingerprint density at radius 1 is 1.41 bits per heavy atom. The van der Waals surface area contributed by atoms with Crippen molar-refractivity contribution >= 4 is 23.1 Å². The standard InChI is InChI=1S/C13H20ClN3/c1-9(10-5-3-2-4-6-10)17-13-12(14)7-11(15)8-16-13/h7-10H,2-6,15H2,1H3,(H,16,17). The summed E-state index contributed by atoms with van der Waals surface area (Å²) in [6, 6.07) is 2.16. The van der Waals surface area contributed by atoms with Crippen molar-refractivity contribution in [2.24, 2.45) is 5.92 Å². The second-order valence-electron chi connectivity index (χ2n) is 4.93. The molecule has 1 aromatic rings. The normalized spacial score (nSPS) is 18.9. The van der Waals surface area contributed by atoms with E-state index in [1.165, 1.54) is 32.1 Å². The van der Waals surface area contributed by atoms with Crippen LogP contribution in [0.5, 0.6) is 0 Å². The highest BCUT2D eigenvalue weighted by Gasteiger charge is 2.20. The van der Waals surface area contributed by atoms with Gasteiger partial charge in [0.1, 0.15) is 5.82 Å². The van der Waals surface area contributed by atoms with E-state index in [1.807, 2.05) is 0 Å². The summed E-state index contributed by atoms with van der Waals surface area (Å²) in [6.07, 6.45) is 8.33. The molecule has 0 radical (unpaired) electrons. The molecule has 1 atom stereocenters. The number of hydrogen-bond donors (Lipinski definition) is 2. The molecular formula is C13H20ClN3. The molecule has 2 rings (SSSR count). The Hall–Kier alpha value is -0.960. The number of pyridine rings is 1. The van der Waals surface area contributed by atoms with Crippen LogP contribution in [-0.4, -0.2) is 11.0 Å². The van der Waals surface area contributed by atoms with Gasteiger partial charge in [0.2, 0.25) is 0 Å². The fraction of sp³-hybridized carbons (Fsp3) is 0.615. The number of anilines is 2. The van der Waals surface area contributed by atoms with Gasteiger partial charge in [-0.2, -0.15) is 0 Å². The van der Waals surface area contributed by atoms with Crippen LogP contribution in [0.25, 0.3) is 0 Å². The molecule has 3 nitrogen and oxygen atoms in total. The van der Waals surface area contributed by atoms with Crippen LogP contribution in [0, 0.1) is 5.92 Å². The molecule has 1 fully saturated rings. The SMILES string of the molecule is CC(Nc1ncc(N)cc1Cl)C1CCCCC1. The molecule has 1 aliphatic rings. The van der Waals surface area contributed by atoms with Gasteiger partial charge < -0.3 is 11.1 Å². The van der Waals surface area contributed by atoms with Gasteiger partial charge in [0, 0.05) is 6.04 Å². The Morgan fingerprint density at radius 3 is 2.76 bits per heavy atom. The van der Waals surface area contributed by atoms with E-state index in [0.29, 0.717) is 16.8 Å². The number of nitrogens with one attached hydrogen (secondary N) is 1. The smallest absolute Gasteiger partial charge is 0.145 e. The number of nitrogen functional groups attached to an aromatic ring is 1. The fourth-order valence-electron chi connectivity index (χ4n) is 2.53. The molecule has 1 heterocycles. The van der Waals surface area contributed by atoms with Gasteiger partial charge in [0.15, 0.2) is 0 Å². The Morgan fingerprint density at radius 2 is 2.12 bits per heavy atom. The van der Waals surface area contributed by atoms with Crippen LogP contribution in [-0.2, 0) is 0 Å². The van der Waals surface area contributed by atoms with Crippen LogP contribution in [0.4, 0.5) is 11.5 Å². The quantitative estimate of drug-likeness (QED) is 0.864. The van der Waals surface area contributed by atoms with Gasteiger partial charge in [-0.15, -0.1) is 0 Å². The van der Waals surface area contributed by atoms with E-state index in [1.54, 1.807) is 12.3 Å². The summed E-state index contributed by atoms with van der Waals surface area (Å²) in [5.74, 6) is 1.48. The molecule has 0 aliphatic heterocycles. The van der Waals surface area contributed by atoms with Crippen LogP contribution in [0.1, 0.15) is 39.0 Å². The lowest BCUT2D eigenvalue weighted by Crippen LogP contribution is -2.28. The summed E-state index contributed by atoms with van der Waals surface area (Å²) >= 11 is 6.11. The zero-order valence-corrected chi connectivity index (χ0v) is 11.0. The predicted molar refractivity (Wildman–Crippen MR) is 73.3 cm³/mol. The molecule has 0 amide bonds. The van der Waals surface area contributed by atoms with Gasteiger partial charge in [-0.05, 0) is 31.7 Å². The van der Waals surface area contributed by atoms with Crippen LogP contribution >= 0.6 is 11.6 Å². The van der Waals surface area contributed by atoms with E-state index in [9.17, 15) is 0 Å². The summed E-state index contributed by atoms with van der Waals surface area (Å²) in [5, 5.41) is 4.01. The Labute approximate surface area is 108 Å². The summed E-state index contributed by atoms with van der Waals surface area (Å²) in [4.78, 5) is 4.24. The maximum Gasteiger partial charge on any atom is 0.145 e. The Kier molecular flexibility index (Phi) is 4.11. The number of aromatic nitrogens is 1. The first-order valence-electron chi connectivity index (χ1n) is 6.34. The summed E-state index contributed by atoms with van der Waals surface area (Å²) in [7, 11) is 0. The number of nitrogens with zero attached hydrogens (tertiary/aromatic N) is 1. The minimum Gasteiger partial charge on any atom is -0.397 e. The van der Waals surface area contributed by atoms with Gasteiger partial charge in [-0.1, -0.05) is 30.9 Å². The van der Waals surface area contributed by atoms with Crippen molar-refractivity contribution in [3.05, 3.63) is 17.3 Å². The van der Waals surface area contributed by atoms with Crippen molar-refractivity contribution in [2.75, 3.05) is 11.1 Å². The average Bonchev–Trinajstić information content (AvgIpc) is 2.34. The minimum atomic E-state index is 0.420. The van der Waals surface area contributed by atoms with Crippen molar-refractivity contribution in [3.8, 4) is 0 Å². The van der Waals surface area contributed by atoms with Crippen molar-refractivity contribution in [1.82, 2.24) is 4.98 Å². The van der Waals surface area contributed by atoms with Gasteiger partial charge in [0.05, 0.1) is 16.9 Å². The van der Waals surface area contributed by atoms with Gasteiger partial charge in [-0.25, -0.2) is 4.98 Å².